The lowest BCUT2D eigenvalue weighted by molar-refractivity contribution is -0.127. The number of rotatable bonds is 2. The van der Waals surface area contributed by atoms with Crippen molar-refractivity contribution in [1.29, 1.82) is 0 Å². The van der Waals surface area contributed by atoms with E-state index in [-0.39, 0.29) is 26.0 Å². The predicted octanol–water partition coefficient (Wildman–Crippen LogP) is 3.43. The average Bonchev–Trinajstić information content (AvgIpc) is 2.50. The van der Waals surface area contributed by atoms with Crippen LogP contribution >= 0.6 is 31.9 Å². The standard InChI is InChI=1S/C11H19Br2NO/c1-7(9(2,3)4)14-8(15)10(5)6-11(10,12)13/h7H,6H2,1-5H3,(H,14,15)/t7-,10+/m1/s1. The summed E-state index contributed by atoms with van der Waals surface area (Å²) >= 11 is 7.01. The summed E-state index contributed by atoms with van der Waals surface area (Å²) in [4.78, 5) is 12.0. The van der Waals surface area contributed by atoms with Gasteiger partial charge in [0.25, 0.3) is 0 Å². The van der Waals surface area contributed by atoms with Crippen molar-refractivity contribution in [3.8, 4) is 0 Å². The maximum atomic E-state index is 12.0. The van der Waals surface area contributed by atoms with E-state index >= 15 is 0 Å². The van der Waals surface area contributed by atoms with Gasteiger partial charge in [0.1, 0.15) is 0 Å². The van der Waals surface area contributed by atoms with Gasteiger partial charge in [-0.15, -0.1) is 0 Å². The summed E-state index contributed by atoms with van der Waals surface area (Å²) in [6, 6.07) is 0.179. The second-order valence-electron chi connectivity index (χ2n) is 5.77. The average molecular weight is 341 g/mol. The Morgan fingerprint density at radius 3 is 2.07 bits per heavy atom. The van der Waals surface area contributed by atoms with E-state index in [1.165, 1.54) is 0 Å². The molecule has 0 unspecified atom stereocenters. The minimum Gasteiger partial charge on any atom is -0.353 e. The Morgan fingerprint density at radius 2 is 1.80 bits per heavy atom. The minimum absolute atomic E-state index is 0.0994. The van der Waals surface area contributed by atoms with E-state index in [0.29, 0.717) is 0 Å². The molecule has 1 N–H and O–H groups in total. The van der Waals surface area contributed by atoms with Crippen LogP contribution in [0.3, 0.4) is 0 Å². The van der Waals surface area contributed by atoms with Gasteiger partial charge in [-0.05, 0) is 25.7 Å². The van der Waals surface area contributed by atoms with Crippen LogP contribution < -0.4 is 5.32 Å². The number of halogens is 2. The number of carbonyl (C=O) groups is 1. The van der Waals surface area contributed by atoms with Crippen molar-refractivity contribution in [2.75, 3.05) is 0 Å². The fraction of sp³-hybridized carbons (Fsp3) is 0.909. The first kappa shape index (κ1) is 13.5. The highest BCUT2D eigenvalue weighted by atomic mass is 79.9. The third kappa shape index (κ3) is 2.57. The highest BCUT2D eigenvalue weighted by Gasteiger charge is 2.66. The van der Waals surface area contributed by atoms with E-state index in [2.05, 4.69) is 57.9 Å². The van der Waals surface area contributed by atoms with Crippen LogP contribution in [0.25, 0.3) is 0 Å². The van der Waals surface area contributed by atoms with Gasteiger partial charge < -0.3 is 5.32 Å². The van der Waals surface area contributed by atoms with Gasteiger partial charge in [0.15, 0.2) is 0 Å². The zero-order chi connectivity index (χ0) is 12.1. The molecule has 1 amide bonds. The van der Waals surface area contributed by atoms with Gasteiger partial charge >= 0.3 is 0 Å². The molecule has 0 radical (unpaired) electrons. The molecule has 2 nitrogen and oxygen atoms in total. The molecule has 4 heteroatoms. The fourth-order valence-electron chi connectivity index (χ4n) is 1.22. The molecule has 0 aromatic heterocycles. The van der Waals surface area contributed by atoms with Crippen LogP contribution in [0.15, 0.2) is 0 Å². The molecule has 1 fully saturated rings. The molecular weight excluding hydrogens is 322 g/mol. The van der Waals surface area contributed by atoms with Crippen LogP contribution in [0.4, 0.5) is 0 Å². The van der Waals surface area contributed by atoms with Crippen LogP contribution in [-0.4, -0.2) is 15.2 Å². The van der Waals surface area contributed by atoms with Crippen LogP contribution in [0, 0.1) is 10.8 Å². The normalized spacial score (nSPS) is 30.9. The molecule has 0 spiro atoms. The lowest BCUT2D eigenvalue weighted by Crippen LogP contribution is -2.45. The second-order valence-corrected chi connectivity index (χ2v) is 9.55. The van der Waals surface area contributed by atoms with Crippen molar-refractivity contribution in [1.82, 2.24) is 5.32 Å². The minimum atomic E-state index is -0.313. The monoisotopic (exact) mass is 339 g/mol. The van der Waals surface area contributed by atoms with Crippen molar-refractivity contribution in [3.63, 3.8) is 0 Å². The van der Waals surface area contributed by atoms with E-state index in [0.717, 1.165) is 6.42 Å². The van der Waals surface area contributed by atoms with Crippen LogP contribution in [0.2, 0.25) is 0 Å². The highest BCUT2D eigenvalue weighted by molar-refractivity contribution is 9.25. The zero-order valence-corrected chi connectivity index (χ0v) is 13.1. The molecule has 0 saturated heterocycles. The fourth-order valence-corrected chi connectivity index (χ4v) is 2.70. The third-order valence-electron chi connectivity index (χ3n) is 3.41. The van der Waals surface area contributed by atoms with E-state index in [1.54, 1.807) is 0 Å². The third-order valence-corrected chi connectivity index (χ3v) is 5.72. The Labute approximate surface area is 109 Å². The second kappa shape index (κ2) is 3.73. The lowest BCUT2D eigenvalue weighted by Gasteiger charge is -2.29. The first-order valence-electron chi connectivity index (χ1n) is 5.19. The van der Waals surface area contributed by atoms with E-state index in [9.17, 15) is 4.79 Å². The van der Waals surface area contributed by atoms with Gasteiger partial charge in [-0.25, -0.2) is 0 Å². The zero-order valence-electron chi connectivity index (χ0n) is 9.95. The SMILES string of the molecule is C[C@@H](NC(=O)[C@]1(C)CC1(Br)Br)C(C)(C)C. The molecule has 1 aliphatic rings. The number of nitrogens with one attached hydrogen (secondary N) is 1. The molecule has 0 aromatic carbocycles. The maximum absolute atomic E-state index is 12.0. The molecule has 1 rings (SSSR count). The Morgan fingerprint density at radius 1 is 1.40 bits per heavy atom. The van der Waals surface area contributed by atoms with Gasteiger partial charge in [-0.1, -0.05) is 52.6 Å². The van der Waals surface area contributed by atoms with Crippen LogP contribution in [0.1, 0.15) is 41.0 Å². The van der Waals surface area contributed by atoms with Crippen molar-refractivity contribution in [3.05, 3.63) is 0 Å². The smallest absolute Gasteiger partial charge is 0.228 e. The van der Waals surface area contributed by atoms with Gasteiger partial charge in [-0.2, -0.15) is 0 Å². The summed E-state index contributed by atoms with van der Waals surface area (Å²) in [5, 5.41) is 3.08. The largest absolute Gasteiger partial charge is 0.353 e. The molecule has 2 atom stereocenters. The summed E-state index contributed by atoms with van der Waals surface area (Å²) in [5.41, 5.74) is -0.214. The first-order chi connectivity index (χ1) is 6.51. The van der Waals surface area contributed by atoms with Gasteiger partial charge in [0.2, 0.25) is 5.91 Å². The quantitative estimate of drug-likeness (QED) is 0.766. The maximum Gasteiger partial charge on any atom is 0.228 e. The molecule has 0 heterocycles. The van der Waals surface area contributed by atoms with Crippen molar-refractivity contribution in [2.45, 2.75) is 50.3 Å². The Kier molecular flexibility index (Phi) is 3.35. The summed E-state index contributed by atoms with van der Waals surface area (Å²) < 4.78 is -0.200. The van der Waals surface area contributed by atoms with Gasteiger partial charge in [-0.3, -0.25) is 4.79 Å². The summed E-state index contributed by atoms with van der Waals surface area (Å²) in [5.74, 6) is 0.124. The summed E-state index contributed by atoms with van der Waals surface area (Å²) in [6.07, 6.45) is 0.836. The summed E-state index contributed by atoms with van der Waals surface area (Å²) in [7, 11) is 0. The Hall–Kier alpha value is 0.430. The first-order valence-corrected chi connectivity index (χ1v) is 6.78. The van der Waals surface area contributed by atoms with Crippen molar-refractivity contribution in [2.24, 2.45) is 10.8 Å². The molecule has 1 aliphatic carbocycles. The Bertz CT molecular complexity index is 283. The van der Waals surface area contributed by atoms with Crippen LogP contribution in [0.5, 0.6) is 0 Å². The molecule has 0 aliphatic heterocycles. The number of carbonyl (C=O) groups excluding carboxylic acids is 1. The molecule has 15 heavy (non-hydrogen) atoms. The molecular formula is C11H19Br2NO. The van der Waals surface area contributed by atoms with E-state index in [1.807, 2.05) is 13.8 Å². The van der Waals surface area contributed by atoms with E-state index in [4.69, 9.17) is 0 Å². The van der Waals surface area contributed by atoms with E-state index < -0.39 is 0 Å². The predicted molar refractivity (Wildman–Crippen MR) is 70.4 cm³/mol. The summed E-state index contributed by atoms with van der Waals surface area (Å²) in [6.45, 7) is 10.4. The van der Waals surface area contributed by atoms with Gasteiger partial charge in [0.05, 0.1) is 8.65 Å². The number of amides is 1. The van der Waals surface area contributed by atoms with Crippen molar-refractivity contribution >= 4 is 37.8 Å². The van der Waals surface area contributed by atoms with Crippen LogP contribution in [-0.2, 0) is 4.79 Å². The number of hydrogen-bond acceptors (Lipinski definition) is 1. The van der Waals surface area contributed by atoms with Gasteiger partial charge in [0, 0.05) is 6.04 Å². The lowest BCUT2D eigenvalue weighted by atomic mass is 9.87. The number of alkyl halides is 2. The van der Waals surface area contributed by atoms with Crippen molar-refractivity contribution < 1.29 is 4.79 Å². The number of hydrogen-bond donors (Lipinski definition) is 1. The molecule has 88 valence electrons. The topological polar surface area (TPSA) is 29.1 Å². The molecule has 1 saturated carbocycles. The Balaban J connectivity index is 2.59. The molecule has 0 aromatic rings. The molecule has 0 bridgehead atoms. The highest BCUT2D eigenvalue weighted by Crippen LogP contribution is 2.66.